The molecular weight excluding hydrogens is 240 g/mol. The van der Waals surface area contributed by atoms with Crippen LogP contribution in [0.3, 0.4) is 0 Å². The van der Waals surface area contributed by atoms with E-state index in [2.05, 4.69) is 0 Å². The maximum absolute atomic E-state index is 11.8. The lowest BCUT2D eigenvalue weighted by atomic mass is 10.0. The summed E-state index contributed by atoms with van der Waals surface area (Å²) >= 11 is 0. The maximum Gasteiger partial charge on any atom is 0.762 e. The third-order valence-electron chi connectivity index (χ3n) is 2.07. The zero-order chi connectivity index (χ0) is 13.4. The van der Waals surface area contributed by atoms with Crippen LogP contribution in [0, 0.1) is 0 Å². The first kappa shape index (κ1) is 14.0. The quantitative estimate of drug-likeness (QED) is 0.585. The van der Waals surface area contributed by atoms with E-state index in [4.69, 9.17) is 0 Å². The Kier molecular flexibility index (Phi) is 5.71. The summed E-state index contributed by atoms with van der Waals surface area (Å²) in [5.74, 6) is 0.0752. The topological polar surface area (TPSA) is 17.1 Å². The lowest BCUT2D eigenvalue weighted by Gasteiger charge is -1.99. The predicted molar refractivity (Wildman–Crippen MR) is 65.4 cm³/mol. The normalized spacial score (nSPS) is 9.06. The summed E-state index contributed by atoms with van der Waals surface area (Å²) < 4.78 is 29.0. The molecule has 0 radical (unpaired) electrons. The molecule has 0 unspecified atom stereocenters. The van der Waals surface area contributed by atoms with E-state index in [1.54, 1.807) is 0 Å². The van der Waals surface area contributed by atoms with Gasteiger partial charge in [-0.25, -0.2) is 0 Å². The van der Waals surface area contributed by atoms with E-state index in [1.165, 1.54) is 0 Å². The van der Waals surface area contributed by atoms with Gasteiger partial charge >= 0.3 is 7.54 Å². The van der Waals surface area contributed by atoms with Gasteiger partial charge in [-0.3, -0.25) is 17.7 Å². The Hall–Kier alpha value is -2.04. The van der Waals surface area contributed by atoms with E-state index < -0.39 is 7.54 Å². The molecule has 0 aliphatic carbocycles. The average Bonchev–Trinajstić information content (AvgIpc) is 2.39. The minimum absolute atomic E-state index is 0.0752. The lowest BCUT2D eigenvalue weighted by Crippen LogP contribution is -1.99. The molecule has 92 valence electrons. The molecule has 2 aromatic rings. The van der Waals surface area contributed by atoms with Crippen molar-refractivity contribution in [2.45, 2.75) is 0 Å². The fourth-order valence-electron chi connectivity index (χ4n) is 1.35. The Balaban J connectivity index is 0.000000357. The molecule has 0 heterocycles. The minimum Gasteiger partial charge on any atom is -0.289 e. The number of benzene rings is 2. The van der Waals surface area contributed by atoms with Gasteiger partial charge in [-0.15, -0.1) is 0 Å². The Morgan fingerprint density at radius 3 is 1.28 bits per heavy atom. The first-order valence-electron chi connectivity index (χ1n) is 5.18. The van der Waals surface area contributed by atoms with E-state index in [0.29, 0.717) is 0 Å². The molecule has 18 heavy (non-hydrogen) atoms. The zero-order valence-corrected chi connectivity index (χ0v) is 9.39. The second-order valence-corrected chi connectivity index (χ2v) is 3.31. The van der Waals surface area contributed by atoms with Crippen molar-refractivity contribution in [1.29, 1.82) is 0 Å². The fraction of sp³-hybridized carbons (Fsp3) is 0. The molecular formula is C13H10BF3O. The Labute approximate surface area is 103 Å². The van der Waals surface area contributed by atoms with Crippen LogP contribution in [0.25, 0.3) is 0 Å². The van der Waals surface area contributed by atoms with Gasteiger partial charge in [0.2, 0.25) is 0 Å². The maximum atomic E-state index is 11.8. The number of hydrogen-bond donors (Lipinski definition) is 0. The molecule has 2 aromatic carbocycles. The highest BCUT2D eigenvalue weighted by atomic mass is 19.4. The van der Waals surface area contributed by atoms with E-state index in [9.17, 15) is 17.7 Å². The molecule has 0 bridgehead atoms. The van der Waals surface area contributed by atoms with Gasteiger partial charge in [0, 0.05) is 11.1 Å². The smallest absolute Gasteiger partial charge is 0.289 e. The van der Waals surface area contributed by atoms with Crippen LogP contribution in [-0.4, -0.2) is 13.3 Å². The SMILES string of the molecule is FB(F)F.O=C(c1ccccc1)c1ccccc1. The van der Waals surface area contributed by atoms with Crippen molar-refractivity contribution in [3.8, 4) is 0 Å². The molecule has 0 amide bonds. The molecule has 0 saturated heterocycles. The third kappa shape index (κ3) is 4.87. The Morgan fingerprint density at radius 2 is 1.00 bits per heavy atom. The van der Waals surface area contributed by atoms with Crippen molar-refractivity contribution in [3.05, 3.63) is 71.8 Å². The first-order valence-corrected chi connectivity index (χ1v) is 5.18. The highest BCUT2D eigenvalue weighted by Gasteiger charge is 2.06. The summed E-state index contributed by atoms with van der Waals surface area (Å²) in [4.78, 5) is 11.8. The van der Waals surface area contributed by atoms with Crippen LogP contribution in [0.4, 0.5) is 12.9 Å². The molecule has 1 nitrogen and oxygen atoms in total. The van der Waals surface area contributed by atoms with Crippen molar-refractivity contribution >= 4 is 13.3 Å². The summed E-state index contributed by atoms with van der Waals surface area (Å²) in [6.07, 6.45) is 0. The highest BCUT2D eigenvalue weighted by molar-refractivity contribution is 6.33. The van der Waals surface area contributed by atoms with Gasteiger partial charge in [0.05, 0.1) is 0 Å². The summed E-state index contributed by atoms with van der Waals surface area (Å²) in [5.41, 5.74) is 1.47. The van der Waals surface area contributed by atoms with Crippen LogP contribution in [0.5, 0.6) is 0 Å². The van der Waals surface area contributed by atoms with Crippen molar-refractivity contribution < 1.29 is 17.7 Å². The molecule has 0 aromatic heterocycles. The van der Waals surface area contributed by atoms with Gasteiger partial charge in [-0.05, 0) is 0 Å². The number of carbonyl (C=O) groups excluding carboxylic acids is 1. The highest BCUT2D eigenvalue weighted by Crippen LogP contribution is 2.08. The van der Waals surface area contributed by atoms with Gasteiger partial charge in [-0.2, -0.15) is 0 Å². The summed E-state index contributed by atoms with van der Waals surface area (Å²) in [6.45, 7) is 0. The molecule has 0 aliphatic heterocycles. The van der Waals surface area contributed by atoms with Crippen molar-refractivity contribution in [3.63, 3.8) is 0 Å². The summed E-state index contributed by atoms with van der Waals surface area (Å²) in [6, 6.07) is 18.6. The molecule has 0 atom stereocenters. The van der Waals surface area contributed by atoms with Crippen LogP contribution in [-0.2, 0) is 0 Å². The number of rotatable bonds is 2. The molecule has 0 aliphatic rings. The number of hydrogen-bond acceptors (Lipinski definition) is 1. The van der Waals surface area contributed by atoms with E-state index >= 15 is 0 Å². The largest absolute Gasteiger partial charge is 0.762 e. The molecule has 0 spiro atoms. The molecule has 2 rings (SSSR count). The molecule has 0 fully saturated rings. The van der Waals surface area contributed by atoms with Crippen LogP contribution >= 0.6 is 0 Å². The monoisotopic (exact) mass is 250 g/mol. The first-order chi connectivity index (χ1) is 8.61. The van der Waals surface area contributed by atoms with Crippen LogP contribution in [0.15, 0.2) is 60.7 Å². The van der Waals surface area contributed by atoms with Gasteiger partial charge in [-0.1, -0.05) is 60.7 Å². The van der Waals surface area contributed by atoms with Gasteiger partial charge in [0.15, 0.2) is 5.78 Å². The summed E-state index contributed by atoms with van der Waals surface area (Å²) in [7, 11) is -3.67. The van der Waals surface area contributed by atoms with Crippen molar-refractivity contribution in [1.82, 2.24) is 0 Å². The number of ketones is 1. The van der Waals surface area contributed by atoms with Crippen LogP contribution in [0.2, 0.25) is 0 Å². The predicted octanol–water partition coefficient (Wildman–Crippen LogP) is 3.80. The Bertz CT molecular complexity index is 430. The van der Waals surface area contributed by atoms with E-state index in [1.807, 2.05) is 60.7 Å². The fourth-order valence-corrected chi connectivity index (χ4v) is 1.35. The van der Waals surface area contributed by atoms with E-state index in [0.717, 1.165) is 11.1 Å². The minimum atomic E-state index is -3.67. The van der Waals surface area contributed by atoms with Crippen molar-refractivity contribution in [2.24, 2.45) is 0 Å². The Morgan fingerprint density at radius 1 is 0.722 bits per heavy atom. The second kappa shape index (κ2) is 7.32. The molecule has 0 saturated carbocycles. The van der Waals surface area contributed by atoms with Gasteiger partial charge < -0.3 is 0 Å². The van der Waals surface area contributed by atoms with Crippen molar-refractivity contribution in [2.75, 3.05) is 0 Å². The number of carbonyl (C=O) groups is 1. The zero-order valence-electron chi connectivity index (χ0n) is 9.39. The van der Waals surface area contributed by atoms with Gasteiger partial charge in [0.1, 0.15) is 0 Å². The van der Waals surface area contributed by atoms with E-state index in [-0.39, 0.29) is 5.78 Å². The average molecular weight is 250 g/mol. The molecule has 5 heteroatoms. The summed E-state index contributed by atoms with van der Waals surface area (Å²) in [5, 5.41) is 0. The second-order valence-electron chi connectivity index (χ2n) is 3.31. The lowest BCUT2D eigenvalue weighted by molar-refractivity contribution is 0.103. The standard InChI is InChI=1S/C13H10O.BF3/c14-13(11-7-3-1-4-8-11)12-9-5-2-6-10-12;2-1(3)4/h1-10H;. The number of halogens is 3. The van der Waals surface area contributed by atoms with Crippen LogP contribution in [0.1, 0.15) is 15.9 Å². The molecule has 0 N–H and O–H groups in total. The van der Waals surface area contributed by atoms with Crippen LogP contribution < -0.4 is 0 Å². The third-order valence-corrected chi connectivity index (χ3v) is 2.07. The van der Waals surface area contributed by atoms with Gasteiger partial charge in [0.25, 0.3) is 0 Å².